The third-order valence-corrected chi connectivity index (χ3v) is 3.21. The number of aromatic hydroxyl groups is 1. The first-order valence-electron chi connectivity index (χ1n) is 5.62. The molecule has 6 nitrogen and oxygen atoms in total. The lowest BCUT2D eigenvalue weighted by Crippen LogP contribution is -2.14. The lowest BCUT2D eigenvalue weighted by Gasteiger charge is -2.07. The normalized spacial score (nSPS) is 10.2. The largest absolute Gasteiger partial charge is 0.508 e. The highest BCUT2D eigenvalue weighted by Crippen LogP contribution is 2.25. The maximum Gasteiger partial charge on any atom is 0.282 e. The zero-order valence-corrected chi connectivity index (χ0v) is 11.9. The number of nitrogens with one attached hydrogen (secondary N) is 1. The van der Waals surface area contributed by atoms with Crippen LogP contribution in [0.15, 0.2) is 40.9 Å². The molecule has 0 heterocycles. The van der Waals surface area contributed by atoms with Crippen LogP contribution >= 0.6 is 15.9 Å². The van der Waals surface area contributed by atoms with Gasteiger partial charge in [-0.1, -0.05) is 0 Å². The fraction of sp³-hybridized carbons (Fsp3) is 0. The van der Waals surface area contributed by atoms with E-state index in [1.807, 2.05) is 0 Å². The molecule has 2 aromatic rings. The van der Waals surface area contributed by atoms with E-state index in [0.717, 1.165) is 24.3 Å². The van der Waals surface area contributed by atoms with Crippen molar-refractivity contribution in [1.29, 1.82) is 0 Å². The summed E-state index contributed by atoms with van der Waals surface area (Å²) in [5.41, 5.74) is -0.474. The molecule has 8 heteroatoms. The zero-order valence-electron chi connectivity index (χ0n) is 10.3. The van der Waals surface area contributed by atoms with Crippen LogP contribution in [0.3, 0.4) is 0 Å². The van der Waals surface area contributed by atoms with E-state index in [2.05, 4.69) is 21.2 Å². The van der Waals surface area contributed by atoms with Crippen LogP contribution in [0.4, 0.5) is 15.8 Å². The van der Waals surface area contributed by atoms with Crippen molar-refractivity contribution in [3.8, 4) is 5.75 Å². The maximum absolute atomic E-state index is 13.1. The van der Waals surface area contributed by atoms with Crippen molar-refractivity contribution in [2.45, 2.75) is 0 Å². The molecule has 108 valence electrons. The number of hydrogen-bond donors (Lipinski definition) is 2. The van der Waals surface area contributed by atoms with Gasteiger partial charge in [-0.3, -0.25) is 14.9 Å². The van der Waals surface area contributed by atoms with Crippen LogP contribution in [0.25, 0.3) is 0 Å². The van der Waals surface area contributed by atoms with Crippen molar-refractivity contribution in [3.05, 3.63) is 62.4 Å². The van der Waals surface area contributed by atoms with E-state index in [0.29, 0.717) is 0 Å². The number of nitrogens with zero attached hydrogens (tertiary/aromatic N) is 1. The Kier molecular flexibility index (Phi) is 4.18. The highest BCUT2D eigenvalue weighted by Gasteiger charge is 2.21. The smallest absolute Gasteiger partial charge is 0.282 e. The van der Waals surface area contributed by atoms with E-state index in [9.17, 15) is 24.4 Å². The summed E-state index contributed by atoms with van der Waals surface area (Å²) in [7, 11) is 0. The van der Waals surface area contributed by atoms with Gasteiger partial charge in [-0.25, -0.2) is 4.39 Å². The molecule has 0 radical (unpaired) electrons. The predicted octanol–water partition coefficient (Wildman–Crippen LogP) is 3.45. The molecule has 2 aromatic carbocycles. The van der Waals surface area contributed by atoms with Gasteiger partial charge >= 0.3 is 0 Å². The van der Waals surface area contributed by atoms with Gasteiger partial charge in [0.15, 0.2) is 0 Å². The molecule has 0 aliphatic heterocycles. The van der Waals surface area contributed by atoms with E-state index >= 15 is 0 Å². The molecule has 0 unspecified atom stereocenters. The Hall–Kier alpha value is -2.48. The molecule has 0 aliphatic rings. The van der Waals surface area contributed by atoms with Gasteiger partial charge in [0.25, 0.3) is 11.6 Å². The summed E-state index contributed by atoms with van der Waals surface area (Å²) in [5, 5.41) is 22.6. The van der Waals surface area contributed by atoms with Gasteiger partial charge in [0.1, 0.15) is 17.1 Å². The summed E-state index contributed by atoms with van der Waals surface area (Å²) < 4.78 is 13.2. The first kappa shape index (κ1) is 14.9. The van der Waals surface area contributed by atoms with Crippen molar-refractivity contribution >= 4 is 33.2 Å². The fourth-order valence-electron chi connectivity index (χ4n) is 1.64. The van der Waals surface area contributed by atoms with Gasteiger partial charge in [-0.15, -0.1) is 0 Å². The van der Waals surface area contributed by atoms with E-state index < -0.39 is 22.3 Å². The number of nitro benzene ring substituents is 1. The number of nitro groups is 1. The first-order chi connectivity index (χ1) is 9.88. The predicted molar refractivity (Wildman–Crippen MR) is 76.8 cm³/mol. The van der Waals surface area contributed by atoms with Crippen LogP contribution in [-0.2, 0) is 0 Å². The van der Waals surface area contributed by atoms with Crippen LogP contribution in [0.1, 0.15) is 10.4 Å². The molecule has 0 atom stereocenters. The highest BCUT2D eigenvalue weighted by molar-refractivity contribution is 9.10. The number of hydrogen-bond acceptors (Lipinski definition) is 4. The van der Waals surface area contributed by atoms with Gasteiger partial charge < -0.3 is 10.4 Å². The zero-order chi connectivity index (χ0) is 15.6. The number of benzene rings is 2. The lowest BCUT2D eigenvalue weighted by atomic mass is 10.1. The molecule has 0 aliphatic carbocycles. The Morgan fingerprint density at radius 3 is 2.62 bits per heavy atom. The number of phenolic OH excluding ortho intramolecular Hbond substituents is 1. The van der Waals surface area contributed by atoms with Gasteiger partial charge in [0.2, 0.25) is 0 Å². The number of phenols is 1. The average molecular weight is 355 g/mol. The molecule has 2 rings (SSSR count). The summed E-state index contributed by atoms with van der Waals surface area (Å²) >= 11 is 2.97. The number of halogens is 2. The third-order valence-electron chi connectivity index (χ3n) is 2.60. The topological polar surface area (TPSA) is 92.5 Å². The standard InChI is InChI=1S/C13H8BrFN2O4/c14-10-5-7(1-3-11(10)15)16-13(19)9-6-8(18)2-4-12(9)17(20)21/h1-6,18H,(H,16,19). The van der Waals surface area contributed by atoms with Crippen LogP contribution in [0, 0.1) is 15.9 Å². The molecular formula is C13H8BrFN2O4. The van der Waals surface area contributed by atoms with Gasteiger partial charge in [-0.05, 0) is 46.3 Å². The minimum Gasteiger partial charge on any atom is -0.508 e. The Bertz CT molecular complexity index is 736. The number of carbonyl (C=O) groups excluding carboxylic acids is 1. The molecule has 0 saturated heterocycles. The van der Waals surface area contributed by atoms with Crippen LogP contribution in [0.5, 0.6) is 5.75 Å². The fourth-order valence-corrected chi connectivity index (χ4v) is 2.02. The SMILES string of the molecule is O=C(Nc1ccc(F)c(Br)c1)c1cc(O)ccc1[N+](=O)[O-]. The second-order valence-corrected chi connectivity index (χ2v) is 4.90. The van der Waals surface area contributed by atoms with Crippen molar-refractivity contribution in [1.82, 2.24) is 0 Å². The molecule has 2 N–H and O–H groups in total. The summed E-state index contributed by atoms with van der Waals surface area (Å²) in [6.45, 7) is 0. The molecule has 21 heavy (non-hydrogen) atoms. The molecular weight excluding hydrogens is 347 g/mol. The van der Waals surface area contributed by atoms with Crippen molar-refractivity contribution in [2.75, 3.05) is 5.32 Å². The second kappa shape index (κ2) is 5.88. The average Bonchev–Trinajstić information content (AvgIpc) is 2.42. The molecule has 1 amide bonds. The van der Waals surface area contributed by atoms with Gasteiger partial charge in [-0.2, -0.15) is 0 Å². The summed E-state index contributed by atoms with van der Waals surface area (Å²) in [6, 6.07) is 6.91. The van der Waals surface area contributed by atoms with Crippen LogP contribution < -0.4 is 5.32 Å². The minimum absolute atomic E-state index is 0.144. The van der Waals surface area contributed by atoms with E-state index in [-0.39, 0.29) is 21.5 Å². The van der Waals surface area contributed by atoms with Crippen molar-refractivity contribution in [2.24, 2.45) is 0 Å². The molecule has 0 spiro atoms. The Morgan fingerprint density at radius 2 is 2.00 bits per heavy atom. The highest BCUT2D eigenvalue weighted by atomic mass is 79.9. The Balaban J connectivity index is 2.34. The summed E-state index contributed by atoms with van der Waals surface area (Å²) in [4.78, 5) is 22.2. The number of amides is 1. The monoisotopic (exact) mass is 354 g/mol. The van der Waals surface area contributed by atoms with Gasteiger partial charge in [0, 0.05) is 11.8 Å². The molecule has 0 aromatic heterocycles. The molecule has 0 fully saturated rings. The minimum atomic E-state index is -0.781. The third kappa shape index (κ3) is 3.34. The number of rotatable bonds is 3. The quantitative estimate of drug-likeness (QED) is 0.652. The Labute approximate surface area is 126 Å². The number of carbonyl (C=O) groups is 1. The summed E-state index contributed by atoms with van der Waals surface area (Å²) in [5.74, 6) is -1.56. The van der Waals surface area contributed by atoms with Gasteiger partial charge in [0.05, 0.1) is 9.40 Å². The van der Waals surface area contributed by atoms with E-state index in [4.69, 9.17) is 0 Å². The van der Waals surface area contributed by atoms with Crippen LogP contribution in [-0.4, -0.2) is 15.9 Å². The lowest BCUT2D eigenvalue weighted by molar-refractivity contribution is -0.385. The van der Waals surface area contributed by atoms with Crippen molar-refractivity contribution in [3.63, 3.8) is 0 Å². The number of anilines is 1. The van der Waals surface area contributed by atoms with Crippen molar-refractivity contribution < 1.29 is 19.2 Å². The van der Waals surface area contributed by atoms with E-state index in [1.54, 1.807) is 0 Å². The molecule has 0 saturated carbocycles. The maximum atomic E-state index is 13.1. The molecule has 0 bridgehead atoms. The summed E-state index contributed by atoms with van der Waals surface area (Å²) in [6.07, 6.45) is 0. The van der Waals surface area contributed by atoms with E-state index in [1.165, 1.54) is 12.1 Å². The second-order valence-electron chi connectivity index (χ2n) is 4.04. The van der Waals surface area contributed by atoms with Crippen LogP contribution in [0.2, 0.25) is 0 Å². The first-order valence-corrected chi connectivity index (χ1v) is 6.41. The Morgan fingerprint density at radius 1 is 1.29 bits per heavy atom.